The first-order valence-electron chi connectivity index (χ1n) is 6.96. The van der Waals surface area contributed by atoms with Crippen molar-refractivity contribution in [2.45, 2.75) is 6.92 Å². The van der Waals surface area contributed by atoms with Gasteiger partial charge in [-0.1, -0.05) is 0 Å². The van der Waals surface area contributed by atoms with E-state index in [1.54, 1.807) is 6.92 Å². The summed E-state index contributed by atoms with van der Waals surface area (Å²) in [4.78, 5) is 12.2. The molecule has 0 unspecified atom stereocenters. The largest absolute Gasteiger partial charge is 0.494 e. The SMILES string of the molecule is COc1cc(OC)c(F)c(-c2cc3cnc(N)nc3c(C)n2)c1F. The maximum atomic E-state index is 14.6. The van der Waals surface area contributed by atoms with Crippen LogP contribution in [0.25, 0.3) is 22.2 Å². The molecule has 0 radical (unpaired) electrons. The minimum absolute atomic E-state index is 0.0839. The Labute approximate surface area is 136 Å². The maximum absolute atomic E-state index is 14.6. The normalized spacial score (nSPS) is 10.9. The third-order valence-electron chi connectivity index (χ3n) is 3.59. The van der Waals surface area contributed by atoms with Gasteiger partial charge in [0.05, 0.1) is 36.7 Å². The standard InChI is InChI=1S/C16H14F2N4O2/c1-7-15-8(6-20-16(19)22-15)4-9(21-7)12-13(17)10(23-2)5-11(24-3)14(12)18/h4-6H,1-3H3,(H2,19,20,22). The molecule has 2 aromatic heterocycles. The van der Waals surface area contributed by atoms with Gasteiger partial charge >= 0.3 is 0 Å². The van der Waals surface area contributed by atoms with Crippen molar-refractivity contribution in [3.8, 4) is 22.8 Å². The van der Waals surface area contributed by atoms with Crippen LogP contribution in [0.4, 0.5) is 14.7 Å². The van der Waals surface area contributed by atoms with E-state index in [1.807, 2.05) is 0 Å². The van der Waals surface area contributed by atoms with Crippen molar-refractivity contribution >= 4 is 16.9 Å². The predicted molar refractivity (Wildman–Crippen MR) is 84.9 cm³/mol. The van der Waals surface area contributed by atoms with E-state index in [4.69, 9.17) is 15.2 Å². The lowest BCUT2D eigenvalue weighted by atomic mass is 10.1. The molecule has 0 bridgehead atoms. The summed E-state index contributed by atoms with van der Waals surface area (Å²) in [6, 6.07) is 2.63. The highest BCUT2D eigenvalue weighted by Crippen LogP contribution is 2.37. The number of hydrogen-bond acceptors (Lipinski definition) is 6. The first kappa shape index (κ1) is 15.9. The summed E-state index contributed by atoms with van der Waals surface area (Å²) in [6.07, 6.45) is 1.48. The van der Waals surface area contributed by atoms with E-state index in [9.17, 15) is 8.78 Å². The molecule has 0 saturated heterocycles. The molecule has 0 spiro atoms. The highest BCUT2D eigenvalue weighted by atomic mass is 19.1. The summed E-state index contributed by atoms with van der Waals surface area (Å²) in [7, 11) is 2.57. The van der Waals surface area contributed by atoms with Crippen LogP contribution in [0.1, 0.15) is 5.69 Å². The molecule has 2 heterocycles. The number of nitrogen functional groups attached to an aromatic ring is 1. The number of aryl methyl sites for hydroxylation is 1. The maximum Gasteiger partial charge on any atom is 0.220 e. The zero-order chi connectivity index (χ0) is 17.4. The molecule has 0 aliphatic heterocycles. The first-order chi connectivity index (χ1) is 11.5. The van der Waals surface area contributed by atoms with Crippen LogP contribution < -0.4 is 15.2 Å². The Hall–Kier alpha value is -3.03. The smallest absolute Gasteiger partial charge is 0.220 e. The van der Waals surface area contributed by atoms with Crippen LogP contribution in [-0.4, -0.2) is 29.2 Å². The van der Waals surface area contributed by atoms with Gasteiger partial charge in [0.25, 0.3) is 0 Å². The summed E-state index contributed by atoms with van der Waals surface area (Å²) < 4.78 is 39.1. The van der Waals surface area contributed by atoms with E-state index in [0.29, 0.717) is 16.6 Å². The van der Waals surface area contributed by atoms with E-state index in [0.717, 1.165) is 6.07 Å². The fourth-order valence-electron chi connectivity index (χ4n) is 2.45. The third-order valence-corrected chi connectivity index (χ3v) is 3.59. The quantitative estimate of drug-likeness (QED) is 0.794. The Morgan fingerprint density at radius 2 is 1.62 bits per heavy atom. The molecule has 0 amide bonds. The van der Waals surface area contributed by atoms with Gasteiger partial charge in [0.15, 0.2) is 23.1 Å². The van der Waals surface area contributed by atoms with Crippen LogP contribution in [0.2, 0.25) is 0 Å². The number of fused-ring (bicyclic) bond motifs is 1. The number of pyridine rings is 1. The Kier molecular flexibility index (Phi) is 3.88. The Morgan fingerprint density at radius 1 is 1.00 bits per heavy atom. The fourth-order valence-corrected chi connectivity index (χ4v) is 2.45. The second-order valence-corrected chi connectivity index (χ2v) is 5.04. The second kappa shape index (κ2) is 5.88. The Bertz CT molecular complexity index is 919. The third kappa shape index (κ3) is 2.45. The number of nitrogens with zero attached hydrogens (tertiary/aromatic N) is 3. The number of anilines is 1. The number of halogens is 2. The summed E-state index contributed by atoms with van der Waals surface area (Å²) in [6.45, 7) is 1.67. The summed E-state index contributed by atoms with van der Waals surface area (Å²) >= 11 is 0. The van der Waals surface area contributed by atoms with Gasteiger partial charge in [-0.05, 0) is 13.0 Å². The van der Waals surface area contributed by atoms with E-state index in [1.165, 1.54) is 26.5 Å². The van der Waals surface area contributed by atoms with Gasteiger partial charge in [0.2, 0.25) is 5.95 Å². The molecule has 124 valence electrons. The van der Waals surface area contributed by atoms with Crippen LogP contribution >= 0.6 is 0 Å². The zero-order valence-corrected chi connectivity index (χ0v) is 13.2. The van der Waals surface area contributed by atoms with Crippen molar-refractivity contribution < 1.29 is 18.3 Å². The molecule has 6 nitrogen and oxygen atoms in total. The number of aromatic nitrogens is 3. The highest BCUT2D eigenvalue weighted by Gasteiger charge is 2.23. The minimum Gasteiger partial charge on any atom is -0.494 e. The molecule has 8 heteroatoms. The van der Waals surface area contributed by atoms with Crippen molar-refractivity contribution in [3.63, 3.8) is 0 Å². The molecule has 24 heavy (non-hydrogen) atoms. The lowest BCUT2D eigenvalue weighted by Crippen LogP contribution is -2.02. The highest BCUT2D eigenvalue weighted by molar-refractivity contribution is 5.85. The van der Waals surface area contributed by atoms with E-state index >= 15 is 0 Å². The Morgan fingerprint density at radius 3 is 2.21 bits per heavy atom. The van der Waals surface area contributed by atoms with E-state index in [-0.39, 0.29) is 28.7 Å². The van der Waals surface area contributed by atoms with Gasteiger partial charge in [-0.2, -0.15) is 0 Å². The monoisotopic (exact) mass is 332 g/mol. The van der Waals surface area contributed by atoms with Crippen LogP contribution in [0.15, 0.2) is 18.3 Å². The average Bonchev–Trinajstić information content (AvgIpc) is 2.56. The zero-order valence-electron chi connectivity index (χ0n) is 13.2. The van der Waals surface area contributed by atoms with Crippen molar-refractivity contribution in [2.24, 2.45) is 0 Å². The molecular formula is C16H14F2N4O2. The van der Waals surface area contributed by atoms with Crippen LogP contribution in [0.5, 0.6) is 11.5 Å². The van der Waals surface area contributed by atoms with Gasteiger partial charge in [0.1, 0.15) is 0 Å². The molecular weight excluding hydrogens is 318 g/mol. The number of methoxy groups -OCH3 is 2. The summed E-state index contributed by atoms with van der Waals surface area (Å²) in [5.41, 5.74) is 6.29. The van der Waals surface area contributed by atoms with Crippen LogP contribution in [0, 0.1) is 18.6 Å². The van der Waals surface area contributed by atoms with Crippen molar-refractivity contribution in [2.75, 3.05) is 20.0 Å². The van der Waals surface area contributed by atoms with Gasteiger partial charge in [-0.15, -0.1) is 0 Å². The van der Waals surface area contributed by atoms with Crippen LogP contribution in [0.3, 0.4) is 0 Å². The number of hydrogen-bond donors (Lipinski definition) is 1. The molecule has 1 aromatic carbocycles. The number of benzene rings is 1. The number of ether oxygens (including phenoxy) is 2. The number of nitrogens with two attached hydrogens (primary N) is 1. The lowest BCUT2D eigenvalue weighted by molar-refractivity contribution is 0.359. The molecule has 3 rings (SSSR count). The van der Waals surface area contributed by atoms with E-state index in [2.05, 4.69) is 15.0 Å². The molecule has 0 saturated carbocycles. The molecule has 3 aromatic rings. The molecule has 2 N–H and O–H groups in total. The first-order valence-corrected chi connectivity index (χ1v) is 6.96. The minimum atomic E-state index is -0.863. The molecule has 0 aliphatic rings. The van der Waals surface area contributed by atoms with Gasteiger partial charge in [-0.25, -0.2) is 18.7 Å². The second-order valence-electron chi connectivity index (χ2n) is 5.04. The molecule has 0 aliphatic carbocycles. The molecule has 0 atom stereocenters. The van der Waals surface area contributed by atoms with Gasteiger partial charge in [-0.3, -0.25) is 4.98 Å². The van der Waals surface area contributed by atoms with Gasteiger partial charge < -0.3 is 15.2 Å². The topological polar surface area (TPSA) is 83.2 Å². The average molecular weight is 332 g/mol. The van der Waals surface area contributed by atoms with E-state index < -0.39 is 11.6 Å². The fraction of sp³-hybridized carbons (Fsp3) is 0.188. The van der Waals surface area contributed by atoms with Crippen LogP contribution in [-0.2, 0) is 0 Å². The summed E-state index contributed by atoms with van der Waals surface area (Å²) in [5, 5.41) is 0.562. The summed E-state index contributed by atoms with van der Waals surface area (Å²) in [5.74, 6) is -1.91. The number of rotatable bonds is 3. The van der Waals surface area contributed by atoms with Crippen molar-refractivity contribution in [1.29, 1.82) is 0 Å². The van der Waals surface area contributed by atoms with Gasteiger partial charge in [0, 0.05) is 17.6 Å². The Balaban J connectivity index is 2.33. The lowest BCUT2D eigenvalue weighted by Gasteiger charge is -2.13. The van der Waals surface area contributed by atoms with Crippen molar-refractivity contribution in [1.82, 2.24) is 15.0 Å². The molecule has 0 fully saturated rings. The predicted octanol–water partition coefficient (Wildman–Crippen LogP) is 2.88. The van der Waals surface area contributed by atoms with Crippen molar-refractivity contribution in [3.05, 3.63) is 35.7 Å².